The maximum absolute atomic E-state index is 12.1. The smallest absolute Gasteiger partial charge is 0.303 e. The summed E-state index contributed by atoms with van der Waals surface area (Å²) in [5, 5.41) is 11.5. The molecule has 0 spiro atoms. The predicted octanol–water partition coefficient (Wildman–Crippen LogP) is 1.03. The van der Waals surface area contributed by atoms with E-state index in [2.05, 4.69) is 17.4 Å². The van der Waals surface area contributed by atoms with Crippen molar-refractivity contribution in [3.8, 4) is 0 Å². The van der Waals surface area contributed by atoms with Crippen LogP contribution >= 0.6 is 0 Å². The van der Waals surface area contributed by atoms with E-state index in [1.807, 2.05) is 17.0 Å². The molecule has 108 valence electrons. The Balaban J connectivity index is 1.73. The highest BCUT2D eigenvalue weighted by Gasteiger charge is 2.19. The standard InChI is InChI=1S/C15H20N2O3/c18-14(10-16-8-3-6-15(19)20)17-9-7-12-4-1-2-5-13(12)11-17/h1-2,4-5,16H,3,6-11H2,(H,19,20). The van der Waals surface area contributed by atoms with E-state index in [0.717, 1.165) is 13.0 Å². The fraction of sp³-hybridized carbons (Fsp3) is 0.467. The van der Waals surface area contributed by atoms with Crippen LogP contribution in [0.5, 0.6) is 0 Å². The van der Waals surface area contributed by atoms with Crippen LogP contribution in [0.25, 0.3) is 0 Å². The zero-order valence-corrected chi connectivity index (χ0v) is 11.5. The Hall–Kier alpha value is -1.88. The Morgan fingerprint density at radius 3 is 2.75 bits per heavy atom. The van der Waals surface area contributed by atoms with Crippen molar-refractivity contribution in [2.24, 2.45) is 0 Å². The lowest BCUT2D eigenvalue weighted by Crippen LogP contribution is -2.41. The number of rotatable bonds is 6. The minimum absolute atomic E-state index is 0.0785. The first-order valence-electron chi connectivity index (χ1n) is 6.94. The van der Waals surface area contributed by atoms with Gasteiger partial charge in [0.25, 0.3) is 0 Å². The highest BCUT2D eigenvalue weighted by atomic mass is 16.4. The monoisotopic (exact) mass is 276 g/mol. The van der Waals surface area contributed by atoms with Crippen molar-refractivity contribution >= 4 is 11.9 Å². The fourth-order valence-electron chi connectivity index (χ4n) is 2.38. The van der Waals surface area contributed by atoms with Crippen molar-refractivity contribution in [3.63, 3.8) is 0 Å². The summed E-state index contributed by atoms with van der Waals surface area (Å²) < 4.78 is 0. The second-order valence-electron chi connectivity index (χ2n) is 5.01. The van der Waals surface area contributed by atoms with Crippen LogP contribution in [0, 0.1) is 0 Å². The van der Waals surface area contributed by atoms with E-state index in [9.17, 15) is 9.59 Å². The molecule has 1 amide bonds. The Morgan fingerprint density at radius 2 is 2.00 bits per heavy atom. The second kappa shape index (κ2) is 7.05. The third-order valence-electron chi connectivity index (χ3n) is 3.50. The molecule has 0 radical (unpaired) electrons. The third kappa shape index (κ3) is 4.06. The lowest BCUT2D eigenvalue weighted by Gasteiger charge is -2.29. The molecule has 0 saturated heterocycles. The molecule has 1 aliphatic rings. The molecule has 1 aromatic carbocycles. The number of carboxylic acids is 1. The van der Waals surface area contributed by atoms with E-state index in [-0.39, 0.29) is 18.9 Å². The summed E-state index contributed by atoms with van der Waals surface area (Å²) in [6, 6.07) is 8.20. The molecule has 0 bridgehead atoms. The van der Waals surface area contributed by atoms with Crippen molar-refractivity contribution in [1.29, 1.82) is 0 Å². The molecule has 2 N–H and O–H groups in total. The molecule has 0 saturated carbocycles. The minimum Gasteiger partial charge on any atom is -0.481 e. The van der Waals surface area contributed by atoms with Gasteiger partial charge < -0.3 is 15.3 Å². The van der Waals surface area contributed by atoms with Crippen LogP contribution in [0.4, 0.5) is 0 Å². The van der Waals surface area contributed by atoms with Gasteiger partial charge >= 0.3 is 5.97 Å². The van der Waals surface area contributed by atoms with Crippen LogP contribution in [-0.2, 0) is 22.6 Å². The molecule has 0 atom stereocenters. The lowest BCUT2D eigenvalue weighted by atomic mass is 10.00. The molecular weight excluding hydrogens is 256 g/mol. The van der Waals surface area contributed by atoms with E-state index < -0.39 is 5.97 Å². The highest BCUT2D eigenvalue weighted by molar-refractivity contribution is 5.78. The predicted molar refractivity (Wildman–Crippen MR) is 75.3 cm³/mol. The van der Waals surface area contributed by atoms with Crippen LogP contribution in [0.15, 0.2) is 24.3 Å². The topological polar surface area (TPSA) is 69.6 Å². The molecule has 20 heavy (non-hydrogen) atoms. The molecule has 0 fully saturated rings. The molecule has 0 aromatic heterocycles. The largest absolute Gasteiger partial charge is 0.481 e. The number of carbonyl (C=O) groups excluding carboxylic acids is 1. The van der Waals surface area contributed by atoms with Gasteiger partial charge in [-0.1, -0.05) is 24.3 Å². The van der Waals surface area contributed by atoms with Gasteiger partial charge in [-0.15, -0.1) is 0 Å². The molecule has 0 aliphatic carbocycles. The quantitative estimate of drug-likeness (QED) is 0.761. The summed E-state index contributed by atoms with van der Waals surface area (Å²) in [7, 11) is 0. The van der Waals surface area contributed by atoms with Crippen LogP contribution in [0.1, 0.15) is 24.0 Å². The van der Waals surface area contributed by atoms with Gasteiger partial charge in [0, 0.05) is 19.5 Å². The molecule has 1 aliphatic heterocycles. The molecule has 0 unspecified atom stereocenters. The Labute approximate surface area is 118 Å². The van der Waals surface area contributed by atoms with Gasteiger partial charge in [0.1, 0.15) is 0 Å². The summed E-state index contributed by atoms with van der Waals surface area (Å²) in [4.78, 5) is 24.3. The molecule has 2 rings (SSSR count). The summed E-state index contributed by atoms with van der Waals surface area (Å²) in [6.07, 6.45) is 1.59. The minimum atomic E-state index is -0.800. The van der Waals surface area contributed by atoms with Crippen molar-refractivity contribution in [1.82, 2.24) is 10.2 Å². The van der Waals surface area contributed by atoms with Crippen LogP contribution in [0.2, 0.25) is 0 Å². The van der Waals surface area contributed by atoms with E-state index in [1.54, 1.807) is 0 Å². The summed E-state index contributed by atoms with van der Waals surface area (Å²) in [5.41, 5.74) is 2.55. The first-order chi connectivity index (χ1) is 9.66. The van der Waals surface area contributed by atoms with Crippen molar-refractivity contribution in [3.05, 3.63) is 35.4 Å². The lowest BCUT2D eigenvalue weighted by molar-refractivity contribution is -0.137. The van der Waals surface area contributed by atoms with Gasteiger partial charge in [-0.25, -0.2) is 0 Å². The van der Waals surface area contributed by atoms with E-state index in [4.69, 9.17) is 5.11 Å². The van der Waals surface area contributed by atoms with Crippen LogP contribution < -0.4 is 5.32 Å². The van der Waals surface area contributed by atoms with Gasteiger partial charge in [-0.3, -0.25) is 9.59 Å². The molecule has 1 aromatic rings. The van der Waals surface area contributed by atoms with Gasteiger partial charge in [-0.2, -0.15) is 0 Å². The zero-order chi connectivity index (χ0) is 14.4. The van der Waals surface area contributed by atoms with E-state index in [1.165, 1.54) is 11.1 Å². The zero-order valence-electron chi connectivity index (χ0n) is 11.5. The Bertz CT molecular complexity index is 488. The Morgan fingerprint density at radius 1 is 1.25 bits per heavy atom. The molecular formula is C15H20N2O3. The SMILES string of the molecule is O=C(O)CCCNCC(=O)N1CCc2ccccc2C1. The van der Waals surface area contributed by atoms with Crippen molar-refractivity contribution in [2.75, 3.05) is 19.6 Å². The summed E-state index contributed by atoms with van der Waals surface area (Å²) in [5.74, 6) is -0.722. The number of benzene rings is 1. The summed E-state index contributed by atoms with van der Waals surface area (Å²) >= 11 is 0. The normalized spacial score (nSPS) is 13.9. The average Bonchev–Trinajstić information content (AvgIpc) is 2.46. The van der Waals surface area contributed by atoms with Gasteiger partial charge in [0.05, 0.1) is 6.54 Å². The fourth-order valence-corrected chi connectivity index (χ4v) is 2.38. The number of carboxylic acid groups (broad SMARTS) is 1. The van der Waals surface area contributed by atoms with E-state index in [0.29, 0.717) is 19.5 Å². The number of nitrogens with zero attached hydrogens (tertiary/aromatic N) is 1. The van der Waals surface area contributed by atoms with Crippen molar-refractivity contribution < 1.29 is 14.7 Å². The van der Waals surface area contributed by atoms with Crippen LogP contribution in [-0.4, -0.2) is 41.5 Å². The molecule has 1 heterocycles. The number of carbonyl (C=O) groups is 2. The maximum atomic E-state index is 12.1. The number of nitrogens with one attached hydrogen (secondary N) is 1. The second-order valence-corrected chi connectivity index (χ2v) is 5.01. The number of hydrogen-bond acceptors (Lipinski definition) is 3. The van der Waals surface area contributed by atoms with E-state index >= 15 is 0 Å². The number of aliphatic carboxylic acids is 1. The number of amides is 1. The number of fused-ring (bicyclic) bond motifs is 1. The summed E-state index contributed by atoms with van der Waals surface area (Å²) in [6.45, 7) is 2.27. The average molecular weight is 276 g/mol. The first kappa shape index (κ1) is 14.5. The van der Waals surface area contributed by atoms with Crippen LogP contribution in [0.3, 0.4) is 0 Å². The highest BCUT2D eigenvalue weighted by Crippen LogP contribution is 2.18. The van der Waals surface area contributed by atoms with Gasteiger partial charge in [-0.05, 0) is 30.5 Å². The Kier molecular flexibility index (Phi) is 5.12. The van der Waals surface area contributed by atoms with Crippen molar-refractivity contribution in [2.45, 2.75) is 25.8 Å². The van der Waals surface area contributed by atoms with Gasteiger partial charge in [0.15, 0.2) is 0 Å². The number of hydrogen-bond donors (Lipinski definition) is 2. The first-order valence-corrected chi connectivity index (χ1v) is 6.94. The molecule has 5 heteroatoms. The maximum Gasteiger partial charge on any atom is 0.303 e. The third-order valence-corrected chi connectivity index (χ3v) is 3.50. The molecule has 5 nitrogen and oxygen atoms in total. The van der Waals surface area contributed by atoms with Gasteiger partial charge in [0.2, 0.25) is 5.91 Å².